The molecule has 1 N–H and O–H groups in total. The van der Waals surface area contributed by atoms with E-state index in [4.69, 9.17) is 9.84 Å². The quantitative estimate of drug-likeness (QED) is 0.930. The summed E-state index contributed by atoms with van der Waals surface area (Å²) in [6, 6.07) is 11.5. The molecule has 0 fully saturated rings. The van der Waals surface area contributed by atoms with Crippen LogP contribution in [0.2, 0.25) is 0 Å². The topological polar surface area (TPSA) is 59.4 Å². The van der Waals surface area contributed by atoms with Crippen LogP contribution < -0.4 is 4.74 Å². The van der Waals surface area contributed by atoms with Crippen LogP contribution in [0.25, 0.3) is 11.3 Å². The Kier molecular flexibility index (Phi) is 3.14. The van der Waals surface area contributed by atoms with Crippen molar-refractivity contribution in [1.82, 2.24) is 4.98 Å². The zero-order chi connectivity index (χ0) is 14.1. The first kappa shape index (κ1) is 12.7. The fraction of sp³-hybridized carbons (Fsp3) is 0.250. The van der Waals surface area contributed by atoms with Crippen molar-refractivity contribution in [2.45, 2.75) is 18.8 Å². The monoisotopic (exact) mass is 269 g/mol. The van der Waals surface area contributed by atoms with Gasteiger partial charge in [-0.3, -0.25) is 9.78 Å². The molecule has 1 aliphatic rings. The highest BCUT2D eigenvalue weighted by Crippen LogP contribution is 2.33. The third-order valence-electron chi connectivity index (χ3n) is 3.74. The Balaban J connectivity index is 1.95. The van der Waals surface area contributed by atoms with Gasteiger partial charge >= 0.3 is 5.97 Å². The number of nitrogens with zero attached hydrogens (tertiary/aromatic N) is 1. The van der Waals surface area contributed by atoms with Gasteiger partial charge in [0.2, 0.25) is 0 Å². The molecule has 3 rings (SSSR count). The summed E-state index contributed by atoms with van der Waals surface area (Å²) in [6.07, 6.45) is 1.38. The van der Waals surface area contributed by atoms with Crippen molar-refractivity contribution in [2.24, 2.45) is 0 Å². The van der Waals surface area contributed by atoms with Gasteiger partial charge < -0.3 is 9.84 Å². The van der Waals surface area contributed by atoms with Gasteiger partial charge in [-0.15, -0.1) is 0 Å². The highest BCUT2D eigenvalue weighted by atomic mass is 16.5. The number of benzene rings is 1. The number of aromatic nitrogens is 1. The van der Waals surface area contributed by atoms with Crippen LogP contribution in [0.1, 0.15) is 23.6 Å². The van der Waals surface area contributed by atoms with E-state index in [1.165, 1.54) is 0 Å². The van der Waals surface area contributed by atoms with Gasteiger partial charge in [0.25, 0.3) is 0 Å². The molecule has 4 heteroatoms. The summed E-state index contributed by atoms with van der Waals surface area (Å²) in [4.78, 5) is 15.8. The molecule has 2 aromatic rings. The fourth-order valence-corrected chi connectivity index (χ4v) is 2.65. The second-order valence-electron chi connectivity index (χ2n) is 4.89. The minimum atomic E-state index is -0.761. The van der Waals surface area contributed by atoms with Crippen LogP contribution in [0.4, 0.5) is 0 Å². The summed E-state index contributed by atoms with van der Waals surface area (Å²) >= 11 is 0. The summed E-state index contributed by atoms with van der Waals surface area (Å²) in [5, 5.41) is 9.16. The number of methoxy groups -OCH3 is 1. The van der Waals surface area contributed by atoms with Gasteiger partial charge in [0.1, 0.15) is 5.75 Å². The number of pyridine rings is 1. The first-order valence-corrected chi connectivity index (χ1v) is 6.56. The van der Waals surface area contributed by atoms with Gasteiger partial charge in [-0.1, -0.05) is 6.07 Å². The molecule has 20 heavy (non-hydrogen) atoms. The molecule has 102 valence electrons. The predicted octanol–water partition coefficient (Wildman–Crippen LogP) is 2.87. The first-order chi connectivity index (χ1) is 9.69. The fourth-order valence-electron chi connectivity index (χ4n) is 2.65. The largest absolute Gasteiger partial charge is 0.497 e. The number of hydrogen-bond acceptors (Lipinski definition) is 3. The van der Waals surface area contributed by atoms with E-state index in [2.05, 4.69) is 4.98 Å². The van der Waals surface area contributed by atoms with Gasteiger partial charge in [0.15, 0.2) is 0 Å². The molecule has 1 aliphatic carbocycles. The van der Waals surface area contributed by atoms with Gasteiger partial charge in [-0.25, -0.2) is 0 Å². The number of hydrogen-bond donors (Lipinski definition) is 1. The maximum Gasteiger partial charge on any atom is 0.311 e. The lowest BCUT2D eigenvalue weighted by Gasteiger charge is -2.07. The second kappa shape index (κ2) is 4.96. The van der Waals surface area contributed by atoms with Gasteiger partial charge in [-0.2, -0.15) is 0 Å². The number of carboxylic acid groups (broad SMARTS) is 1. The van der Waals surface area contributed by atoms with Crippen LogP contribution in [-0.4, -0.2) is 23.2 Å². The molecule has 0 saturated heterocycles. The summed E-state index contributed by atoms with van der Waals surface area (Å²) in [7, 11) is 1.63. The SMILES string of the molecule is COc1ccc(-c2ccc3c(n2)CCC3C(=O)O)cc1. The molecule has 0 saturated carbocycles. The van der Waals surface area contributed by atoms with Crippen molar-refractivity contribution in [3.05, 3.63) is 47.7 Å². The summed E-state index contributed by atoms with van der Waals surface area (Å²) < 4.78 is 5.13. The second-order valence-corrected chi connectivity index (χ2v) is 4.89. The molecule has 1 unspecified atom stereocenters. The predicted molar refractivity (Wildman–Crippen MR) is 74.9 cm³/mol. The van der Waals surface area contributed by atoms with Crippen molar-refractivity contribution >= 4 is 5.97 Å². The minimum absolute atomic E-state index is 0.401. The zero-order valence-electron chi connectivity index (χ0n) is 11.2. The molecule has 4 nitrogen and oxygen atoms in total. The Labute approximate surface area is 117 Å². The van der Waals surface area contributed by atoms with E-state index in [1.54, 1.807) is 7.11 Å². The third-order valence-corrected chi connectivity index (χ3v) is 3.74. The smallest absolute Gasteiger partial charge is 0.311 e. The summed E-state index contributed by atoms with van der Waals surface area (Å²) in [5.74, 6) is -0.356. The summed E-state index contributed by atoms with van der Waals surface area (Å²) in [6.45, 7) is 0. The molecular weight excluding hydrogens is 254 g/mol. The Bertz CT molecular complexity index is 649. The van der Waals surface area contributed by atoms with Crippen LogP contribution in [0, 0.1) is 0 Å². The Morgan fingerprint density at radius 3 is 2.65 bits per heavy atom. The van der Waals surface area contributed by atoms with E-state index in [0.29, 0.717) is 6.42 Å². The van der Waals surface area contributed by atoms with Crippen LogP contribution in [0.15, 0.2) is 36.4 Å². The number of fused-ring (bicyclic) bond motifs is 1. The van der Waals surface area contributed by atoms with Crippen molar-refractivity contribution in [2.75, 3.05) is 7.11 Å². The number of rotatable bonds is 3. The van der Waals surface area contributed by atoms with E-state index >= 15 is 0 Å². The molecule has 0 bridgehead atoms. The highest BCUT2D eigenvalue weighted by molar-refractivity contribution is 5.78. The van der Waals surface area contributed by atoms with E-state index in [0.717, 1.165) is 34.7 Å². The van der Waals surface area contributed by atoms with Crippen molar-refractivity contribution < 1.29 is 14.6 Å². The molecule has 1 aromatic carbocycles. The molecule has 1 aromatic heterocycles. The Hall–Kier alpha value is -2.36. The average molecular weight is 269 g/mol. The maximum absolute atomic E-state index is 11.1. The lowest BCUT2D eigenvalue weighted by atomic mass is 10.0. The normalized spacial score (nSPS) is 16.8. The number of carbonyl (C=O) groups is 1. The first-order valence-electron chi connectivity index (χ1n) is 6.56. The van der Waals surface area contributed by atoms with Crippen LogP contribution in [-0.2, 0) is 11.2 Å². The van der Waals surface area contributed by atoms with Crippen molar-refractivity contribution in [3.8, 4) is 17.0 Å². The van der Waals surface area contributed by atoms with E-state index in [9.17, 15) is 4.79 Å². The van der Waals surface area contributed by atoms with E-state index in [-0.39, 0.29) is 0 Å². The Morgan fingerprint density at radius 2 is 2.00 bits per heavy atom. The number of carboxylic acids is 1. The zero-order valence-corrected chi connectivity index (χ0v) is 11.2. The standard InChI is InChI=1S/C16H15NO3/c1-20-11-4-2-10(3-5-11)14-8-6-12-13(16(18)19)7-9-15(12)17-14/h2-6,8,13H,7,9H2,1H3,(H,18,19). The molecule has 0 amide bonds. The molecule has 0 aliphatic heterocycles. The molecule has 0 spiro atoms. The van der Waals surface area contributed by atoms with Crippen LogP contribution in [0.5, 0.6) is 5.75 Å². The lowest BCUT2D eigenvalue weighted by molar-refractivity contribution is -0.138. The van der Waals surface area contributed by atoms with Gasteiger partial charge in [0, 0.05) is 11.3 Å². The number of ether oxygens (including phenoxy) is 1. The summed E-state index contributed by atoms with van der Waals surface area (Å²) in [5.41, 5.74) is 3.64. The number of aryl methyl sites for hydroxylation is 1. The third kappa shape index (κ3) is 2.13. The van der Waals surface area contributed by atoms with E-state index < -0.39 is 11.9 Å². The lowest BCUT2D eigenvalue weighted by Crippen LogP contribution is -2.07. The van der Waals surface area contributed by atoms with Crippen molar-refractivity contribution in [3.63, 3.8) is 0 Å². The number of aliphatic carboxylic acids is 1. The highest BCUT2D eigenvalue weighted by Gasteiger charge is 2.29. The molecule has 0 radical (unpaired) electrons. The van der Waals surface area contributed by atoms with Crippen molar-refractivity contribution in [1.29, 1.82) is 0 Å². The van der Waals surface area contributed by atoms with Gasteiger partial charge in [0.05, 0.1) is 18.7 Å². The van der Waals surface area contributed by atoms with E-state index in [1.807, 2.05) is 36.4 Å². The molecular formula is C16H15NO3. The van der Waals surface area contributed by atoms with Crippen LogP contribution >= 0.6 is 0 Å². The minimum Gasteiger partial charge on any atom is -0.497 e. The van der Waals surface area contributed by atoms with Gasteiger partial charge in [-0.05, 0) is 48.7 Å². The average Bonchev–Trinajstić information content (AvgIpc) is 2.90. The molecule has 1 atom stereocenters. The molecule has 1 heterocycles. The maximum atomic E-state index is 11.1. The Morgan fingerprint density at radius 1 is 1.25 bits per heavy atom. The van der Waals surface area contributed by atoms with Crippen LogP contribution in [0.3, 0.4) is 0 Å².